The second-order valence-electron chi connectivity index (χ2n) is 6.08. The Balaban J connectivity index is 1.77. The fraction of sp³-hybridized carbons (Fsp3) is 0.211. The Hall–Kier alpha value is -2.87. The van der Waals surface area contributed by atoms with Crippen molar-refractivity contribution in [1.29, 1.82) is 0 Å². The molecule has 0 spiro atoms. The van der Waals surface area contributed by atoms with E-state index in [1.54, 1.807) is 36.6 Å². The van der Waals surface area contributed by atoms with Gasteiger partial charge in [-0.2, -0.15) is 0 Å². The largest absolute Gasteiger partial charge is 0.507 e. The number of esters is 1. The SMILES string of the molecule is Cc1cc(-n2c(C)cc(C(=O)COC(=O)c3cc(Br)ccc3O)c2C)no1. The molecule has 0 aliphatic heterocycles. The number of phenols is 1. The molecule has 27 heavy (non-hydrogen) atoms. The summed E-state index contributed by atoms with van der Waals surface area (Å²) in [7, 11) is 0. The van der Waals surface area contributed by atoms with Gasteiger partial charge in [0, 0.05) is 27.5 Å². The summed E-state index contributed by atoms with van der Waals surface area (Å²) in [5.74, 6) is -0.0959. The first-order valence-electron chi connectivity index (χ1n) is 8.09. The van der Waals surface area contributed by atoms with E-state index in [-0.39, 0.29) is 17.1 Å². The zero-order valence-electron chi connectivity index (χ0n) is 14.9. The highest BCUT2D eigenvalue weighted by Crippen LogP contribution is 2.24. The highest BCUT2D eigenvalue weighted by Gasteiger charge is 2.21. The standard InChI is InChI=1S/C19H17BrN2O5/c1-10-6-14(12(3)22(10)18-7-11(2)27-21-18)17(24)9-26-19(25)15-8-13(20)4-5-16(15)23/h4-8,23H,9H2,1-3H3. The first-order valence-corrected chi connectivity index (χ1v) is 8.88. The van der Waals surface area contributed by atoms with Crippen molar-refractivity contribution in [1.82, 2.24) is 9.72 Å². The molecule has 0 unspecified atom stereocenters. The fourth-order valence-corrected chi connectivity index (χ4v) is 3.18. The van der Waals surface area contributed by atoms with E-state index in [1.165, 1.54) is 12.1 Å². The summed E-state index contributed by atoms with van der Waals surface area (Å²) in [6, 6.07) is 7.88. The Labute approximate surface area is 163 Å². The van der Waals surface area contributed by atoms with Crippen molar-refractivity contribution in [3.8, 4) is 11.6 Å². The molecule has 0 atom stereocenters. The summed E-state index contributed by atoms with van der Waals surface area (Å²) in [6.07, 6.45) is 0. The van der Waals surface area contributed by atoms with Crippen molar-refractivity contribution in [2.45, 2.75) is 20.8 Å². The number of benzene rings is 1. The number of Topliss-reactive ketones (excluding diaryl/α,β-unsaturated/α-hetero) is 1. The van der Waals surface area contributed by atoms with Crippen molar-refractivity contribution in [3.63, 3.8) is 0 Å². The maximum atomic E-state index is 12.5. The van der Waals surface area contributed by atoms with Gasteiger partial charge in [0.1, 0.15) is 17.1 Å². The molecule has 0 bridgehead atoms. The molecule has 1 aromatic carbocycles. The van der Waals surface area contributed by atoms with Crippen molar-refractivity contribution in [2.24, 2.45) is 0 Å². The van der Waals surface area contributed by atoms with E-state index in [0.29, 0.717) is 27.3 Å². The average molecular weight is 433 g/mol. The number of rotatable bonds is 5. The van der Waals surface area contributed by atoms with E-state index in [0.717, 1.165) is 5.69 Å². The van der Waals surface area contributed by atoms with Gasteiger partial charge in [-0.1, -0.05) is 21.1 Å². The van der Waals surface area contributed by atoms with Crippen LogP contribution in [0.5, 0.6) is 5.75 Å². The third kappa shape index (κ3) is 3.80. The van der Waals surface area contributed by atoms with E-state index in [2.05, 4.69) is 21.1 Å². The topological polar surface area (TPSA) is 94.6 Å². The van der Waals surface area contributed by atoms with Gasteiger partial charge in [-0.3, -0.25) is 9.36 Å². The van der Waals surface area contributed by atoms with Crippen molar-refractivity contribution in [3.05, 3.63) is 63.1 Å². The van der Waals surface area contributed by atoms with Gasteiger partial charge in [-0.05, 0) is 45.0 Å². The number of carbonyl (C=O) groups excluding carboxylic acids is 2. The first kappa shape index (κ1) is 18.9. The molecule has 140 valence electrons. The number of hydrogen-bond donors (Lipinski definition) is 1. The van der Waals surface area contributed by atoms with Gasteiger partial charge in [0.25, 0.3) is 0 Å². The number of halogens is 1. The van der Waals surface area contributed by atoms with Gasteiger partial charge in [0.15, 0.2) is 12.4 Å². The number of aryl methyl sites for hydroxylation is 2. The lowest BCUT2D eigenvalue weighted by atomic mass is 10.1. The zero-order chi connectivity index (χ0) is 19.7. The summed E-state index contributed by atoms with van der Waals surface area (Å²) >= 11 is 3.22. The number of phenolic OH excluding ortho intramolecular Hbond substituents is 1. The first-order chi connectivity index (χ1) is 12.8. The van der Waals surface area contributed by atoms with Crippen LogP contribution in [-0.4, -0.2) is 33.2 Å². The molecule has 2 aromatic heterocycles. The number of carbonyl (C=O) groups is 2. The molecular formula is C19H17BrN2O5. The van der Waals surface area contributed by atoms with E-state index in [1.807, 2.05) is 6.92 Å². The van der Waals surface area contributed by atoms with Crippen LogP contribution in [0.1, 0.15) is 37.9 Å². The molecule has 1 N–H and O–H groups in total. The quantitative estimate of drug-likeness (QED) is 0.485. The van der Waals surface area contributed by atoms with Gasteiger partial charge >= 0.3 is 5.97 Å². The number of aromatic hydroxyl groups is 1. The molecule has 0 saturated carbocycles. The third-order valence-electron chi connectivity index (χ3n) is 4.09. The van der Waals surface area contributed by atoms with Crippen LogP contribution in [0, 0.1) is 20.8 Å². The molecule has 0 aliphatic rings. The zero-order valence-corrected chi connectivity index (χ0v) is 16.5. The van der Waals surface area contributed by atoms with Crippen LogP contribution in [0.25, 0.3) is 5.82 Å². The van der Waals surface area contributed by atoms with Gasteiger partial charge < -0.3 is 14.4 Å². The van der Waals surface area contributed by atoms with Gasteiger partial charge in [0.05, 0.1) is 0 Å². The second-order valence-corrected chi connectivity index (χ2v) is 6.99. The normalized spacial score (nSPS) is 10.8. The van der Waals surface area contributed by atoms with Crippen LogP contribution >= 0.6 is 15.9 Å². The van der Waals surface area contributed by atoms with Gasteiger partial charge in [0.2, 0.25) is 5.78 Å². The molecule has 0 saturated heterocycles. The highest BCUT2D eigenvalue weighted by molar-refractivity contribution is 9.10. The molecule has 8 heteroatoms. The van der Waals surface area contributed by atoms with E-state index in [9.17, 15) is 14.7 Å². The summed E-state index contributed by atoms with van der Waals surface area (Å²) < 4.78 is 12.6. The maximum Gasteiger partial charge on any atom is 0.342 e. The van der Waals surface area contributed by atoms with E-state index >= 15 is 0 Å². The van der Waals surface area contributed by atoms with Crippen LogP contribution in [0.2, 0.25) is 0 Å². The minimum absolute atomic E-state index is 0.0132. The van der Waals surface area contributed by atoms with E-state index < -0.39 is 12.6 Å². The highest BCUT2D eigenvalue weighted by atomic mass is 79.9. The Kier molecular flexibility index (Phi) is 5.18. The Morgan fingerprint density at radius 2 is 1.93 bits per heavy atom. The number of ether oxygens (including phenoxy) is 1. The summed E-state index contributed by atoms with van der Waals surface area (Å²) in [4.78, 5) is 24.7. The molecule has 0 aliphatic carbocycles. The molecule has 7 nitrogen and oxygen atoms in total. The number of hydrogen-bond acceptors (Lipinski definition) is 6. The Bertz CT molecular complexity index is 1030. The predicted octanol–water partition coefficient (Wildman–Crippen LogP) is 3.90. The Morgan fingerprint density at radius 3 is 2.59 bits per heavy atom. The summed E-state index contributed by atoms with van der Waals surface area (Å²) in [5.41, 5.74) is 1.90. The average Bonchev–Trinajstić information content (AvgIpc) is 3.17. The lowest BCUT2D eigenvalue weighted by molar-refractivity contribution is 0.0471. The molecule has 0 radical (unpaired) electrons. The molecular weight excluding hydrogens is 416 g/mol. The van der Waals surface area contributed by atoms with Crippen molar-refractivity contribution >= 4 is 27.7 Å². The molecule has 3 aromatic rings. The van der Waals surface area contributed by atoms with Crippen LogP contribution in [0.3, 0.4) is 0 Å². The van der Waals surface area contributed by atoms with Crippen LogP contribution < -0.4 is 0 Å². The fourth-order valence-electron chi connectivity index (χ4n) is 2.81. The lowest BCUT2D eigenvalue weighted by Gasteiger charge is -2.07. The summed E-state index contributed by atoms with van der Waals surface area (Å²) in [5, 5.41) is 13.7. The monoisotopic (exact) mass is 432 g/mol. The van der Waals surface area contributed by atoms with Crippen LogP contribution in [0.4, 0.5) is 0 Å². The number of aromatic nitrogens is 2. The Morgan fingerprint density at radius 1 is 1.19 bits per heavy atom. The van der Waals surface area contributed by atoms with Crippen LogP contribution in [-0.2, 0) is 4.74 Å². The predicted molar refractivity (Wildman–Crippen MR) is 100 cm³/mol. The molecule has 3 rings (SSSR count). The van der Waals surface area contributed by atoms with E-state index in [4.69, 9.17) is 9.26 Å². The summed E-state index contributed by atoms with van der Waals surface area (Å²) in [6.45, 7) is 4.98. The van der Waals surface area contributed by atoms with Gasteiger partial charge in [-0.25, -0.2) is 4.79 Å². The second kappa shape index (κ2) is 7.40. The molecule has 2 heterocycles. The number of ketones is 1. The van der Waals surface area contributed by atoms with Crippen molar-refractivity contribution < 1.29 is 24.0 Å². The van der Waals surface area contributed by atoms with Gasteiger partial charge in [-0.15, -0.1) is 0 Å². The minimum atomic E-state index is -0.775. The molecule has 0 fully saturated rings. The maximum absolute atomic E-state index is 12.5. The third-order valence-corrected chi connectivity index (χ3v) is 4.58. The van der Waals surface area contributed by atoms with Crippen LogP contribution in [0.15, 0.2) is 39.3 Å². The minimum Gasteiger partial charge on any atom is -0.507 e. The number of nitrogens with zero attached hydrogens (tertiary/aromatic N) is 2. The van der Waals surface area contributed by atoms with Crippen molar-refractivity contribution in [2.75, 3.05) is 6.61 Å². The smallest absolute Gasteiger partial charge is 0.342 e. The molecule has 0 amide bonds. The lowest BCUT2D eigenvalue weighted by Crippen LogP contribution is -2.15.